The Morgan fingerprint density at radius 2 is 1.88 bits per heavy atom. The first-order valence-corrected chi connectivity index (χ1v) is 8.37. The van der Waals surface area contributed by atoms with Gasteiger partial charge in [0.25, 0.3) is 0 Å². The number of ketones is 2. The van der Waals surface area contributed by atoms with Crippen LogP contribution < -0.4 is 5.32 Å². The minimum Gasteiger partial charge on any atom is -0.356 e. The molecule has 1 aromatic carbocycles. The van der Waals surface area contributed by atoms with Crippen LogP contribution in [-0.2, 0) is 14.4 Å². The molecule has 2 unspecified atom stereocenters. The zero-order valence-corrected chi connectivity index (χ0v) is 14.6. The number of rotatable bonds is 6. The van der Waals surface area contributed by atoms with Crippen LogP contribution in [0.3, 0.4) is 0 Å². The van der Waals surface area contributed by atoms with Crippen molar-refractivity contribution in [3.8, 4) is 0 Å². The van der Waals surface area contributed by atoms with E-state index in [1.165, 1.54) is 0 Å². The third-order valence-electron chi connectivity index (χ3n) is 4.59. The molecule has 0 saturated heterocycles. The fourth-order valence-corrected chi connectivity index (χ4v) is 3.59. The molecule has 1 amide bonds. The molecule has 4 heteroatoms. The van der Waals surface area contributed by atoms with Gasteiger partial charge >= 0.3 is 0 Å². The maximum absolute atomic E-state index is 12.8. The molecule has 1 aliphatic rings. The monoisotopic (exact) mass is 327 g/mol. The summed E-state index contributed by atoms with van der Waals surface area (Å²) in [4.78, 5) is 37.2. The van der Waals surface area contributed by atoms with Crippen molar-refractivity contribution in [3.63, 3.8) is 0 Å². The molecule has 2 rings (SSSR count). The van der Waals surface area contributed by atoms with Gasteiger partial charge in [-0.1, -0.05) is 23.8 Å². The Kier molecular flexibility index (Phi) is 5.71. The number of carbonyl (C=O) groups excluding carboxylic acids is 3. The van der Waals surface area contributed by atoms with Crippen molar-refractivity contribution in [2.75, 3.05) is 6.54 Å². The van der Waals surface area contributed by atoms with Crippen LogP contribution in [0.25, 0.3) is 0 Å². The fourth-order valence-electron chi connectivity index (χ4n) is 3.59. The van der Waals surface area contributed by atoms with Gasteiger partial charge in [0.05, 0.1) is 0 Å². The van der Waals surface area contributed by atoms with E-state index < -0.39 is 11.8 Å². The summed E-state index contributed by atoms with van der Waals surface area (Å²) in [5.41, 5.74) is 3.88. The lowest BCUT2D eigenvalue weighted by atomic mass is 9.86. The Labute approximate surface area is 143 Å². The average Bonchev–Trinajstić information content (AvgIpc) is 2.74. The number of hydrogen-bond acceptors (Lipinski definition) is 3. The molecule has 1 fully saturated rings. The van der Waals surface area contributed by atoms with Gasteiger partial charge in [-0.3, -0.25) is 14.4 Å². The van der Waals surface area contributed by atoms with Crippen LogP contribution in [0.5, 0.6) is 0 Å². The SMILES string of the molecule is C=CCCNC(=O)CC1CC(=O)C(c2c(C)cc(C)cc2C)C1=O. The third kappa shape index (κ3) is 3.81. The maximum atomic E-state index is 12.8. The van der Waals surface area contributed by atoms with E-state index in [1.807, 2.05) is 32.9 Å². The molecule has 4 nitrogen and oxygen atoms in total. The number of carbonyl (C=O) groups is 3. The number of Topliss-reactive ketones (excluding diaryl/α,β-unsaturated/α-hetero) is 2. The molecule has 128 valence electrons. The first kappa shape index (κ1) is 18.1. The largest absolute Gasteiger partial charge is 0.356 e. The van der Waals surface area contributed by atoms with Crippen LogP contribution in [0.1, 0.15) is 47.4 Å². The normalized spacial score (nSPS) is 20.3. The van der Waals surface area contributed by atoms with Crippen LogP contribution in [-0.4, -0.2) is 24.0 Å². The lowest BCUT2D eigenvalue weighted by Gasteiger charge is -2.16. The predicted molar refractivity (Wildman–Crippen MR) is 94.0 cm³/mol. The van der Waals surface area contributed by atoms with E-state index in [-0.39, 0.29) is 30.3 Å². The van der Waals surface area contributed by atoms with Gasteiger partial charge in [0.2, 0.25) is 5.91 Å². The van der Waals surface area contributed by atoms with Crippen molar-refractivity contribution >= 4 is 17.5 Å². The molecule has 1 N–H and O–H groups in total. The van der Waals surface area contributed by atoms with E-state index in [2.05, 4.69) is 11.9 Å². The quantitative estimate of drug-likeness (QED) is 0.496. The molecular weight excluding hydrogens is 302 g/mol. The van der Waals surface area contributed by atoms with Gasteiger partial charge < -0.3 is 5.32 Å². The van der Waals surface area contributed by atoms with E-state index in [4.69, 9.17) is 0 Å². The lowest BCUT2D eigenvalue weighted by molar-refractivity contribution is -0.128. The van der Waals surface area contributed by atoms with Crippen LogP contribution >= 0.6 is 0 Å². The smallest absolute Gasteiger partial charge is 0.220 e. The number of nitrogens with one attached hydrogen (secondary N) is 1. The topological polar surface area (TPSA) is 63.2 Å². The van der Waals surface area contributed by atoms with Crippen molar-refractivity contribution in [1.29, 1.82) is 0 Å². The number of aryl methyl sites for hydroxylation is 3. The highest BCUT2D eigenvalue weighted by Crippen LogP contribution is 2.37. The molecule has 0 aliphatic heterocycles. The maximum Gasteiger partial charge on any atom is 0.220 e. The second-order valence-electron chi connectivity index (χ2n) is 6.65. The summed E-state index contributed by atoms with van der Waals surface area (Å²) in [6.07, 6.45) is 2.66. The van der Waals surface area contributed by atoms with Gasteiger partial charge in [0.15, 0.2) is 5.78 Å². The molecule has 1 aromatic rings. The van der Waals surface area contributed by atoms with Gasteiger partial charge in [-0.25, -0.2) is 0 Å². The van der Waals surface area contributed by atoms with E-state index in [0.717, 1.165) is 22.3 Å². The van der Waals surface area contributed by atoms with Gasteiger partial charge in [-0.05, 0) is 43.9 Å². The van der Waals surface area contributed by atoms with Crippen molar-refractivity contribution in [1.82, 2.24) is 5.32 Å². The van der Waals surface area contributed by atoms with E-state index in [0.29, 0.717) is 13.0 Å². The predicted octanol–water partition coefficient (Wildman–Crippen LogP) is 2.94. The van der Waals surface area contributed by atoms with Crippen molar-refractivity contribution in [3.05, 3.63) is 47.0 Å². The fraction of sp³-hybridized carbons (Fsp3) is 0.450. The highest BCUT2D eigenvalue weighted by molar-refractivity contribution is 6.15. The molecule has 1 aliphatic carbocycles. The standard InChI is InChI=1S/C20H25NO3/c1-5-6-7-21-17(23)11-15-10-16(22)19(20(15)24)18-13(3)8-12(2)9-14(18)4/h5,8-9,15,19H,1,6-7,10-11H2,2-4H3,(H,21,23). The van der Waals surface area contributed by atoms with Crippen molar-refractivity contribution in [2.24, 2.45) is 5.92 Å². The summed E-state index contributed by atoms with van der Waals surface area (Å²) in [6, 6.07) is 4.00. The van der Waals surface area contributed by atoms with Crippen LogP contribution in [0, 0.1) is 26.7 Å². The molecule has 24 heavy (non-hydrogen) atoms. The summed E-state index contributed by atoms with van der Waals surface area (Å²) in [6.45, 7) is 9.98. The van der Waals surface area contributed by atoms with Crippen molar-refractivity contribution < 1.29 is 14.4 Å². The van der Waals surface area contributed by atoms with E-state index in [1.54, 1.807) is 6.08 Å². The van der Waals surface area contributed by atoms with Crippen LogP contribution in [0.2, 0.25) is 0 Å². The molecule has 0 spiro atoms. The summed E-state index contributed by atoms with van der Waals surface area (Å²) in [5.74, 6) is -1.59. The number of hydrogen-bond donors (Lipinski definition) is 1. The highest BCUT2D eigenvalue weighted by Gasteiger charge is 2.43. The Balaban J connectivity index is 2.15. The zero-order chi connectivity index (χ0) is 17.9. The first-order valence-electron chi connectivity index (χ1n) is 8.37. The van der Waals surface area contributed by atoms with E-state index in [9.17, 15) is 14.4 Å². The second-order valence-corrected chi connectivity index (χ2v) is 6.65. The molecule has 0 aromatic heterocycles. The van der Waals surface area contributed by atoms with E-state index >= 15 is 0 Å². The molecular formula is C20H25NO3. The first-order chi connectivity index (χ1) is 11.3. The molecule has 0 radical (unpaired) electrons. The number of benzene rings is 1. The Bertz CT molecular complexity index is 667. The van der Waals surface area contributed by atoms with Crippen LogP contribution in [0.15, 0.2) is 24.8 Å². The average molecular weight is 327 g/mol. The van der Waals surface area contributed by atoms with Crippen LogP contribution in [0.4, 0.5) is 0 Å². The van der Waals surface area contributed by atoms with Crippen molar-refractivity contribution in [2.45, 2.75) is 46.0 Å². The Hall–Kier alpha value is -2.23. The molecule has 0 heterocycles. The highest BCUT2D eigenvalue weighted by atomic mass is 16.2. The molecule has 2 atom stereocenters. The molecule has 0 bridgehead atoms. The Morgan fingerprint density at radius 3 is 2.46 bits per heavy atom. The summed E-state index contributed by atoms with van der Waals surface area (Å²) in [5, 5.41) is 2.76. The zero-order valence-electron chi connectivity index (χ0n) is 14.6. The lowest BCUT2D eigenvalue weighted by Crippen LogP contribution is -2.28. The minimum atomic E-state index is -0.712. The van der Waals surface area contributed by atoms with Gasteiger partial charge in [0.1, 0.15) is 11.7 Å². The molecule has 1 saturated carbocycles. The Morgan fingerprint density at radius 1 is 1.25 bits per heavy atom. The summed E-state index contributed by atoms with van der Waals surface area (Å²) < 4.78 is 0. The van der Waals surface area contributed by atoms with Gasteiger partial charge in [-0.15, -0.1) is 6.58 Å². The summed E-state index contributed by atoms with van der Waals surface area (Å²) in [7, 11) is 0. The summed E-state index contributed by atoms with van der Waals surface area (Å²) >= 11 is 0. The minimum absolute atomic E-state index is 0.0704. The van der Waals surface area contributed by atoms with Gasteiger partial charge in [0, 0.05) is 25.3 Å². The third-order valence-corrected chi connectivity index (χ3v) is 4.59. The number of amides is 1. The second kappa shape index (κ2) is 7.56. The van der Waals surface area contributed by atoms with Gasteiger partial charge in [-0.2, -0.15) is 0 Å².